The smallest absolute Gasteiger partial charge is 0.475 e. The minimum atomic E-state index is -5.08. The molecule has 0 saturated carbocycles. The number of rotatable bonds is 1. The zero-order valence-corrected chi connectivity index (χ0v) is 12.7. The number of hydrogen-bond acceptors (Lipinski definition) is 3. The second-order valence-corrected chi connectivity index (χ2v) is 5.28. The maximum Gasteiger partial charge on any atom is 0.490 e. The Kier molecular flexibility index (Phi) is 5.40. The van der Waals surface area contributed by atoms with Crippen LogP contribution in [0.3, 0.4) is 0 Å². The maximum absolute atomic E-state index is 13.1. The van der Waals surface area contributed by atoms with Crippen molar-refractivity contribution in [2.24, 2.45) is 0 Å². The third-order valence-corrected chi connectivity index (χ3v) is 3.51. The summed E-state index contributed by atoms with van der Waals surface area (Å²) in [5.74, 6) is -3.27. The molecule has 3 rings (SSSR count). The summed E-state index contributed by atoms with van der Waals surface area (Å²) in [6.45, 7) is 1.75. The van der Waals surface area contributed by atoms with Gasteiger partial charge in [0.25, 0.3) is 0 Å². The van der Waals surface area contributed by atoms with Gasteiger partial charge in [-0.25, -0.2) is 9.78 Å². The SMILES string of the molecule is Fc1cc(-c2ccc3c(c2)CNC3)c(Cl)cn1.O=C(O)C(F)(F)F. The highest BCUT2D eigenvalue weighted by atomic mass is 35.5. The van der Waals surface area contributed by atoms with Crippen LogP contribution >= 0.6 is 11.6 Å². The van der Waals surface area contributed by atoms with Gasteiger partial charge in [-0.3, -0.25) is 0 Å². The van der Waals surface area contributed by atoms with E-state index in [4.69, 9.17) is 21.5 Å². The first-order valence-electron chi connectivity index (χ1n) is 6.62. The van der Waals surface area contributed by atoms with E-state index in [1.54, 1.807) is 0 Å². The topological polar surface area (TPSA) is 62.2 Å². The summed E-state index contributed by atoms with van der Waals surface area (Å²) in [5, 5.41) is 10.9. The van der Waals surface area contributed by atoms with Crippen LogP contribution in [0.1, 0.15) is 11.1 Å². The number of aliphatic carboxylic acids is 1. The number of nitrogens with zero attached hydrogens (tertiary/aromatic N) is 1. The summed E-state index contributed by atoms with van der Waals surface area (Å²) in [5.41, 5.74) is 4.16. The minimum Gasteiger partial charge on any atom is -0.475 e. The molecular formula is C15H11ClF4N2O2. The molecule has 128 valence electrons. The zero-order chi connectivity index (χ0) is 17.9. The van der Waals surface area contributed by atoms with Crippen molar-refractivity contribution in [1.29, 1.82) is 0 Å². The molecule has 0 atom stereocenters. The first-order chi connectivity index (χ1) is 11.2. The van der Waals surface area contributed by atoms with Gasteiger partial charge in [0.1, 0.15) is 0 Å². The van der Waals surface area contributed by atoms with Crippen LogP contribution in [-0.4, -0.2) is 22.2 Å². The molecule has 2 N–H and O–H groups in total. The monoisotopic (exact) mass is 362 g/mol. The van der Waals surface area contributed by atoms with Crippen molar-refractivity contribution in [3.8, 4) is 11.1 Å². The Labute approximate surface area is 139 Å². The number of hydrogen-bond donors (Lipinski definition) is 2. The van der Waals surface area contributed by atoms with E-state index in [9.17, 15) is 17.6 Å². The van der Waals surface area contributed by atoms with E-state index >= 15 is 0 Å². The normalized spacial score (nSPS) is 13.0. The first-order valence-corrected chi connectivity index (χ1v) is 7.00. The predicted octanol–water partition coefficient (Wildman–Crippen LogP) is 3.78. The largest absolute Gasteiger partial charge is 0.490 e. The van der Waals surface area contributed by atoms with E-state index in [1.165, 1.54) is 23.4 Å². The average Bonchev–Trinajstić information content (AvgIpc) is 2.96. The van der Waals surface area contributed by atoms with Crippen molar-refractivity contribution in [3.63, 3.8) is 0 Å². The summed E-state index contributed by atoms with van der Waals surface area (Å²) in [6.07, 6.45) is -3.74. The van der Waals surface area contributed by atoms with Crippen LogP contribution in [0.25, 0.3) is 11.1 Å². The summed E-state index contributed by atoms with van der Waals surface area (Å²) in [4.78, 5) is 12.4. The Balaban J connectivity index is 0.000000256. The van der Waals surface area contributed by atoms with Crippen molar-refractivity contribution >= 4 is 17.6 Å². The molecule has 0 saturated heterocycles. The van der Waals surface area contributed by atoms with Crippen molar-refractivity contribution < 1.29 is 27.5 Å². The van der Waals surface area contributed by atoms with Gasteiger partial charge >= 0.3 is 12.1 Å². The lowest BCUT2D eigenvalue weighted by molar-refractivity contribution is -0.192. The fraction of sp³-hybridized carbons (Fsp3) is 0.200. The Morgan fingerprint density at radius 1 is 1.21 bits per heavy atom. The third-order valence-electron chi connectivity index (χ3n) is 3.21. The lowest BCUT2D eigenvalue weighted by Crippen LogP contribution is -2.21. The maximum atomic E-state index is 13.1. The third kappa shape index (κ3) is 4.42. The minimum absolute atomic E-state index is 0.470. The molecule has 24 heavy (non-hydrogen) atoms. The molecule has 9 heteroatoms. The fourth-order valence-electron chi connectivity index (χ4n) is 2.10. The highest BCUT2D eigenvalue weighted by Gasteiger charge is 2.38. The van der Waals surface area contributed by atoms with Crippen LogP contribution in [0.5, 0.6) is 0 Å². The van der Waals surface area contributed by atoms with Gasteiger partial charge in [-0.15, -0.1) is 0 Å². The second kappa shape index (κ2) is 7.14. The fourth-order valence-corrected chi connectivity index (χ4v) is 2.31. The van der Waals surface area contributed by atoms with E-state index in [-0.39, 0.29) is 0 Å². The summed E-state index contributed by atoms with van der Waals surface area (Å²) >= 11 is 6.04. The van der Waals surface area contributed by atoms with E-state index in [1.807, 2.05) is 6.07 Å². The number of aromatic nitrogens is 1. The number of carboxylic acids is 1. The van der Waals surface area contributed by atoms with Crippen LogP contribution < -0.4 is 5.32 Å². The molecule has 0 unspecified atom stereocenters. The van der Waals surface area contributed by atoms with Crippen LogP contribution in [0.15, 0.2) is 30.5 Å². The molecule has 1 aromatic heterocycles. The van der Waals surface area contributed by atoms with Gasteiger partial charge in [0.15, 0.2) is 0 Å². The van der Waals surface area contributed by atoms with Gasteiger partial charge < -0.3 is 10.4 Å². The summed E-state index contributed by atoms with van der Waals surface area (Å²) in [6, 6.07) is 7.44. The van der Waals surface area contributed by atoms with Crippen LogP contribution in [0.4, 0.5) is 17.6 Å². The molecule has 1 aliphatic heterocycles. The Hall–Kier alpha value is -2.19. The number of benzene rings is 1. The molecule has 1 aromatic carbocycles. The van der Waals surface area contributed by atoms with Crippen molar-refractivity contribution in [2.75, 3.05) is 0 Å². The molecule has 0 fully saturated rings. The number of carboxylic acid groups (broad SMARTS) is 1. The van der Waals surface area contributed by atoms with Gasteiger partial charge in [-0.2, -0.15) is 17.6 Å². The highest BCUT2D eigenvalue weighted by Crippen LogP contribution is 2.30. The van der Waals surface area contributed by atoms with Crippen molar-refractivity contribution in [1.82, 2.24) is 10.3 Å². The van der Waals surface area contributed by atoms with Crippen LogP contribution in [-0.2, 0) is 17.9 Å². The first kappa shape index (κ1) is 18.2. The summed E-state index contributed by atoms with van der Waals surface area (Å²) in [7, 11) is 0. The average molecular weight is 363 g/mol. The number of alkyl halides is 3. The molecular weight excluding hydrogens is 352 g/mol. The molecule has 4 nitrogen and oxygen atoms in total. The Bertz CT molecular complexity index is 766. The lowest BCUT2D eigenvalue weighted by atomic mass is 10.0. The number of carbonyl (C=O) groups is 1. The molecule has 0 spiro atoms. The van der Waals surface area contributed by atoms with E-state index in [2.05, 4.69) is 22.4 Å². The summed E-state index contributed by atoms with van der Waals surface area (Å²) < 4.78 is 44.9. The van der Waals surface area contributed by atoms with Crippen LogP contribution in [0.2, 0.25) is 5.02 Å². The van der Waals surface area contributed by atoms with E-state index in [0.717, 1.165) is 18.7 Å². The van der Waals surface area contributed by atoms with E-state index in [0.29, 0.717) is 10.6 Å². The zero-order valence-electron chi connectivity index (χ0n) is 12.0. The Morgan fingerprint density at radius 3 is 2.46 bits per heavy atom. The molecule has 2 heterocycles. The highest BCUT2D eigenvalue weighted by molar-refractivity contribution is 6.33. The number of halogens is 5. The van der Waals surface area contributed by atoms with Crippen LogP contribution in [0, 0.1) is 5.95 Å². The lowest BCUT2D eigenvalue weighted by Gasteiger charge is -2.06. The van der Waals surface area contributed by atoms with Gasteiger partial charge in [0, 0.05) is 30.9 Å². The molecule has 0 radical (unpaired) electrons. The van der Waals surface area contributed by atoms with E-state index < -0.39 is 18.1 Å². The van der Waals surface area contributed by atoms with Gasteiger partial charge in [-0.1, -0.05) is 23.7 Å². The number of nitrogens with one attached hydrogen (secondary N) is 1. The van der Waals surface area contributed by atoms with Crippen molar-refractivity contribution in [2.45, 2.75) is 19.3 Å². The molecule has 0 bridgehead atoms. The Morgan fingerprint density at radius 2 is 1.83 bits per heavy atom. The quantitative estimate of drug-likeness (QED) is 0.598. The van der Waals surface area contributed by atoms with Gasteiger partial charge in [0.2, 0.25) is 5.95 Å². The number of fused-ring (bicyclic) bond motifs is 1. The standard InChI is InChI=1S/C13H10ClFN2.C2HF3O2/c14-12-7-17-13(15)4-11(12)8-1-2-9-5-16-6-10(9)3-8;3-2(4,5)1(6)7/h1-4,7,16H,5-6H2;(H,6,7). The molecule has 2 aromatic rings. The van der Waals surface area contributed by atoms with Gasteiger partial charge in [0.05, 0.1) is 5.02 Å². The predicted molar refractivity (Wildman–Crippen MR) is 78.9 cm³/mol. The molecule has 0 aliphatic carbocycles. The second-order valence-electron chi connectivity index (χ2n) is 4.88. The van der Waals surface area contributed by atoms with Gasteiger partial charge in [-0.05, 0) is 22.8 Å². The number of pyridine rings is 1. The van der Waals surface area contributed by atoms with Crippen molar-refractivity contribution in [3.05, 3.63) is 52.6 Å². The molecule has 0 amide bonds. The molecule has 1 aliphatic rings.